The monoisotopic (exact) mass is 584 g/mol. The third-order valence-corrected chi connectivity index (χ3v) is 11.0. The van der Waals surface area contributed by atoms with Crippen LogP contribution in [-0.4, -0.2) is 91.9 Å². The fourth-order valence-electron chi connectivity index (χ4n) is 8.57. The van der Waals surface area contributed by atoms with E-state index in [1.165, 1.54) is 0 Å². The molecule has 2 aliphatic carbocycles. The summed E-state index contributed by atoms with van der Waals surface area (Å²) in [5.41, 5.74) is 0. The topological polar surface area (TPSA) is 73.9 Å². The smallest absolute Gasteiger partial charge is 0.379 e. The van der Waals surface area contributed by atoms with Gasteiger partial charge in [0.25, 0.3) is 0 Å². The lowest BCUT2D eigenvalue weighted by molar-refractivity contribution is -0.186. The van der Waals surface area contributed by atoms with Gasteiger partial charge < -0.3 is 20.3 Å². The lowest BCUT2D eigenvalue weighted by Crippen LogP contribution is -2.61. The number of nitrogens with zero attached hydrogens (tertiary/aromatic N) is 2. The standard InChI is InChI=1S/C31H51F3N4O3/c1-20-7-8-25(36-29(39)22-5-3-6-24(16-22)31(32,33)34)18-26(20)27-17-23-19-35-21(2)15-28(23)38(30(27)40)10-4-9-37-11-13-41-14-12-37/h20-28,35H,3-19H2,1-2H3,(H,36,39). The van der Waals surface area contributed by atoms with Crippen molar-refractivity contribution in [1.29, 1.82) is 0 Å². The highest BCUT2D eigenvalue weighted by Gasteiger charge is 2.49. The van der Waals surface area contributed by atoms with Gasteiger partial charge in [0.05, 0.1) is 19.1 Å². The predicted octanol–water partition coefficient (Wildman–Crippen LogP) is 4.21. The quantitative estimate of drug-likeness (QED) is 0.469. The Bertz CT molecular complexity index is 898. The van der Waals surface area contributed by atoms with Gasteiger partial charge in [-0.25, -0.2) is 0 Å². The number of hydrogen-bond acceptors (Lipinski definition) is 5. The van der Waals surface area contributed by atoms with Crippen molar-refractivity contribution in [2.45, 2.75) is 102 Å². The third kappa shape index (κ3) is 7.58. The van der Waals surface area contributed by atoms with Crippen LogP contribution < -0.4 is 10.6 Å². The minimum atomic E-state index is -4.23. The van der Waals surface area contributed by atoms with Gasteiger partial charge in [-0.15, -0.1) is 0 Å². The molecule has 0 bridgehead atoms. The first-order valence-electron chi connectivity index (χ1n) is 16.3. The van der Waals surface area contributed by atoms with E-state index in [1.54, 1.807) is 0 Å². The second kappa shape index (κ2) is 13.5. The van der Waals surface area contributed by atoms with E-state index in [9.17, 15) is 22.8 Å². The van der Waals surface area contributed by atoms with E-state index in [4.69, 9.17) is 4.74 Å². The molecule has 2 amide bonds. The molecular weight excluding hydrogens is 533 g/mol. The predicted molar refractivity (Wildman–Crippen MR) is 151 cm³/mol. The van der Waals surface area contributed by atoms with Crippen molar-refractivity contribution >= 4 is 11.8 Å². The number of halogens is 3. The molecule has 3 saturated heterocycles. The highest BCUT2D eigenvalue weighted by molar-refractivity contribution is 5.81. The van der Waals surface area contributed by atoms with Gasteiger partial charge in [-0.2, -0.15) is 13.2 Å². The van der Waals surface area contributed by atoms with E-state index in [-0.39, 0.29) is 48.6 Å². The Morgan fingerprint density at radius 3 is 2.56 bits per heavy atom. The molecule has 41 heavy (non-hydrogen) atoms. The number of rotatable bonds is 7. The summed E-state index contributed by atoms with van der Waals surface area (Å²) in [5, 5.41) is 6.80. The molecule has 5 fully saturated rings. The van der Waals surface area contributed by atoms with Crippen molar-refractivity contribution in [3.05, 3.63) is 0 Å². The summed E-state index contributed by atoms with van der Waals surface area (Å²) in [6.07, 6.45) is 2.08. The minimum Gasteiger partial charge on any atom is -0.379 e. The number of fused-ring (bicyclic) bond motifs is 1. The zero-order chi connectivity index (χ0) is 29.1. The molecule has 234 valence electrons. The van der Waals surface area contributed by atoms with Crippen molar-refractivity contribution in [3.63, 3.8) is 0 Å². The summed E-state index contributed by atoms with van der Waals surface area (Å²) in [6.45, 7) is 10.6. The molecular formula is C31H51F3N4O3. The maximum absolute atomic E-state index is 14.2. The van der Waals surface area contributed by atoms with Gasteiger partial charge in [0, 0.05) is 62.7 Å². The fraction of sp³-hybridized carbons (Fsp3) is 0.935. The number of ether oxygens (including phenoxy) is 1. The first-order chi connectivity index (χ1) is 19.6. The Morgan fingerprint density at radius 1 is 1.02 bits per heavy atom. The van der Waals surface area contributed by atoms with Gasteiger partial charge >= 0.3 is 6.18 Å². The SMILES string of the molecule is CC1CC2C(CN1)CC(C1CC(NC(=O)C3CCCC(C(F)(F)F)C3)CCC1C)C(=O)N2CCCN1CCOCC1. The molecule has 2 saturated carbocycles. The first kappa shape index (κ1) is 31.0. The molecule has 5 rings (SSSR count). The minimum absolute atomic E-state index is 0.0613. The molecule has 0 spiro atoms. The summed E-state index contributed by atoms with van der Waals surface area (Å²) in [4.78, 5) is 32.0. The fourth-order valence-corrected chi connectivity index (χ4v) is 8.57. The molecule has 0 radical (unpaired) electrons. The normalized spacial score (nSPS) is 39.3. The molecule has 5 aliphatic rings. The van der Waals surface area contributed by atoms with Crippen LogP contribution in [0.4, 0.5) is 13.2 Å². The number of carbonyl (C=O) groups excluding carboxylic acids is 2. The summed E-state index contributed by atoms with van der Waals surface area (Å²) in [7, 11) is 0. The van der Waals surface area contributed by atoms with Gasteiger partial charge in [-0.1, -0.05) is 13.3 Å². The van der Waals surface area contributed by atoms with E-state index in [0.717, 1.165) is 84.5 Å². The van der Waals surface area contributed by atoms with Crippen LogP contribution in [0.3, 0.4) is 0 Å². The number of morpholine rings is 1. The van der Waals surface area contributed by atoms with E-state index >= 15 is 0 Å². The van der Waals surface area contributed by atoms with Crippen LogP contribution >= 0.6 is 0 Å². The van der Waals surface area contributed by atoms with Crippen LogP contribution in [0.15, 0.2) is 0 Å². The summed E-state index contributed by atoms with van der Waals surface area (Å²) in [5.74, 6) is -0.951. The molecule has 0 aromatic rings. The molecule has 2 N–H and O–H groups in total. The average Bonchev–Trinajstić information content (AvgIpc) is 2.95. The molecule has 9 atom stereocenters. The Balaban J connectivity index is 1.22. The lowest BCUT2D eigenvalue weighted by atomic mass is 9.65. The third-order valence-electron chi connectivity index (χ3n) is 11.0. The average molecular weight is 585 g/mol. The largest absolute Gasteiger partial charge is 0.391 e. The van der Waals surface area contributed by atoms with E-state index in [1.807, 2.05) is 0 Å². The molecule has 0 aromatic carbocycles. The van der Waals surface area contributed by atoms with Crippen LogP contribution in [-0.2, 0) is 14.3 Å². The number of nitrogens with one attached hydrogen (secondary N) is 2. The van der Waals surface area contributed by atoms with Crippen LogP contribution in [0.2, 0.25) is 0 Å². The number of carbonyl (C=O) groups is 2. The Hall–Kier alpha value is -1.39. The van der Waals surface area contributed by atoms with E-state index < -0.39 is 18.0 Å². The zero-order valence-electron chi connectivity index (χ0n) is 25.0. The summed E-state index contributed by atoms with van der Waals surface area (Å²) >= 11 is 0. The Kier molecular flexibility index (Phi) is 10.2. The second-order valence-electron chi connectivity index (χ2n) is 13.8. The van der Waals surface area contributed by atoms with Gasteiger partial charge in [0.2, 0.25) is 11.8 Å². The van der Waals surface area contributed by atoms with Crippen molar-refractivity contribution in [3.8, 4) is 0 Å². The second-order valence-corrected chi connectivity index (χ2v) is 13.8. The molecule has 3 aliphatic heterocycles. The lowest BCUT2D eigenvalue weighted by Gasteiger charge is -2.51. The molecule has 3 heterocycles. The number of alkyl halides is 3. The van der Waals surface area contributed by atoms with Gasteiger partial charge in [-0.3, -0.25) is 14.5 Å². The maximum Gasteiger partial charge on any atom is 0.391 e. The van der Waals surface area contributed by atoms with Crippen molar-refractivity contribution in [2.75, 3.05) is 45.9 Å². The van der Waals surface area contributed by atoms with Crippen LogP contribution in [0.5, 0.6) is 0 Å². The molecule has 10 heteroatoms. The highest BCUT2D eigenvalue weighted by atomic mass is 19.4. The Morgan fingerprint density at radius 2 is 1.80 bits per heavy atom. The first-order valence-corrected chi connectivity index (χ1v) is 16.3. The molecule has 7 nitrogen and oxygen atoms in total. The van der Waals surface area contributed by atoms with Crippen molar-refractivity contribution in [2.24, 2.45) is 35.5 Å². The van der Waals surface area contributed by atoms with Gasteiger partial charge in [0.1, 0.15) is 0 Å². The van der Waals surface area contributed by atoms with E-state index in [0.29, 0.717) is 30.7 Å². The number of amides is 2. The summed E-state index contributed by atoms with van der Waals surface area (Å²) in [6, 6.07) is 0.606. The molecule has 9 unspecified atom stereocenters. The Labute approximate surface area is 243 Å². The van der Waals surface area contributed by atoms with Crippen LogP contribution in [0, 0.1) is 35.5 Å². The zero-order valence-corrected chi connectivity index (χ0v) is 25.0. The van der Waals surface area contributed by atoms with Crippen molar-refractivity contribution in [1.82, 2.24) is 20.4 Å². The number of piperidine rings is 2. The summed E-state index contributed by atoms with van der Waals surface area (Å²) < 4.78 is 45.5. The molecule has 0 aromatic heterocycles. The van der Waals surface area contributed by atoms with Crippen molar-refractivity contribution < 1.29 is 27.5 Å². The highest BCUT2D eigenvalue weighted by Crippen LogP contribution is 2.44. The van der Waals surface area contributed by atoms with Gasteiger partial charge in [-0.05, 0) is 82.5 Å². The van der Waals surface area contributed by atoms with Gasteiger partial charge in [0.15, 0.2) is 0 Å². The van der Waals surface area contributed by atoms with E-state index in [2.05, 4.69) is 34.3 Å². The number of likely N-dealkylation sites (tertiary alicyclic amines) is 1. The van der Waals surface area contributed by atoms with Crippen LogP contribution in [0.25, 0.3) is 0 Å². The number of hydrogen-bond donors (Lipinski definition) is 2. The maximum atomic E-state index is 14.2. The van der Waals surface area contributed by atoms with Crippen LogP contribution in [0.1, 0.15) is 78.1 Å².